The summed E-state index contributed by atoms with van der Waals surface area (Å²) in [5.41, 5.74) is 1.89. The fraction of sp³-hybridized carbons (Fsp3) is 0.278. The lowest BCUT2D eigenvalue weighted by molar-refractivity contribution is -0.130. The molecule has 0 bridgehead atoms. The predicted molar refractivity (Wildman–Crippen MR) is 93.0 cm³/mol. The van der Waals surface area contributed by atoms with Gasteiger partial charge in [0, 0.05) is 36.3 Å². The first-order chi connectivity index (χ1) is 11.1. The van der Waals surface area contributed by atoms with E-state index in [4.69, 9.17) is 0 Å². The molecule has 0 aliphatic carbocycles. The Balaban J connectivity index is 1.57. The van der Waals surface area contributed by atoms with Crippen LogP contribution in [0.15, 0.2) is 53.0 Å². The number of hydrogen-bond acceptors (Lipinski definition) is 2. The Morgan fingerprint density at radius 3 is 2.48 bits per heavy atom. The van der Waals surface area contributed by atoms with E-state index in [-0.39, 0.29) is 11.7 Å². The predicted octanol–water partition coefficient (Wildman–Crippen LogP) is 3.48. The molecule has 0 atom stereocenters. The van der Waals surface area contributed by atoms with E-state index >= 15 is 0 Å². The fourth-order valence-corrected chi connectivity index (χ4v) is 3.27. The third-order valence-corrected chi connectivity index (χ3v) is 4.54. The van der Waals surface area contributed by atoms with Gasteiger partial charge in [-0.25, -0.2) is 4.39 Å². The minimum atomic E-state index is -0.226. The van der Waals surface area contributed by atoms with Gasteiger partial charge < -0.3 is 9.80 Å². The number of carbonyl (C=O) groups is 1. The van der Waals surface area contributed by atoms with E-state index in [1.165, 1.54) is 6.07 Å². The van der Waals surface area contributed by atoms with E-state index in [1.807, 2.05) is 35.2 Å². The summed E-state index contributed by atoms with van der Waals surface area (Å²) in [4.78, 5) is 16.4. The van der Waals surface area contributed by atoms with Crippen LogP contribution in [0.3, 0.4) is 0 Å². The molecule has 2 aromatic rings. The van der Waals surface area contributed by atoms with Gasteiger partial charge in [0.25, 0.3) is 0 Å². The minimum Gasteiger partial charge on any atom is -0.368 e. The van der Waals surface area contributed by atoms with Crippen LogP contribution in [0.4, 0.5) is 10.1 Å². The number of amides is 1. The highest BCUT2D eigenvalue weighted by atomic mass is 79.9. The average molecular weight is 377 g/mol. The Hall–Kier alpha value is -1.88. The zero-order valence-corrected chi connectivity index (χ0v) is 14.3. The summed E-state index contributed by atoms with van der Waals surface area (Å²) in [6.07, 6.45) is 0.416. The van der Waals surface area contributed by atoms with Crippen molar-refractivity contribution in [1.82, 2.24) is 4.90 Å². The van der Waals surface area contributed by atoms with Crippen LogP contribution in [0.1, 0.15) is 5.56 Å². The molecule has 0 saturated carbocycles. The molecule has 1 saturated heterocycles. The van der Waals surface area contributed by atoms with Crippen LogP contribution < -0.4 is 4.90 Å². The summed E-state index contributed by atoms with van der Waals surface area (Å²) < 4.78 is 14.3. The lowest BCUT2D eigenvalue weighted by atomic mass is 10.1. The lowest BCUT2D eigenvalue weighted by Gasteiger charge is -2.36. The molecule has 0 spiro atoms. The Bertz CT molecular complexity index is 699. The molecule has 3 rings (SSSR count). The summed E-state index contributed by atoms with van der Waals surface area (Å²) in [5, 5.41) is 0. The summed E-state index contributed by atoms with van der Waals surface area (Å²) in [6.45, 7) is 2.80. The van der Waals surface area contributed by atoms with Crippen LogP contribution in [0, 0.1) is 5.82 Å². The van der Waals surface area contributed by atoms with Crippen molar-refractivity contribution < 1.29 is 9.18 Å². The third kappa shape index (κ3) is 4.10. The van der Waals surface area contributed by atoms with Gasteiger partial charge in [-0.15, -0.1) is 0 Å². The van der Waals surface area contributed by atoms with E-state index in [1.54, 1.807) is 12.1 Å². The topological polar surface area (TPSA) is 23.6 Å². The summed E-state index contributed by atoms with van der Waals surface area (Å²) in [5.74, 6) is -0.0855. The number of hydrogen-bond donors (Lipinski definition) is 0. The summed E-state index contributed by atoms with van der Waals surface area (Å²) in [6, 6.07) is 14.4. The molecule has 23 heavy (non-hydrogen) atoms. The van der Waals surface area contributed by atoms with Crippen molar-refractivity contribution in [2.45, 2.75) is 6.42 Å². The maximum absolute atomic E-state index is 13.3. The van der Waals surface area contributed by atoms with Crippen molar-refractivity contribution >= 4 is 27.5 Å². The highest BCUT2D eigenvalue weighted by Gasteiger charge is 2.21. The maximum Gasteiger partial charge on any atom is 0.227 e. The van der Waals surface area contributed by atoms with Crippen molar-refractivity contribution in [2.24, 2.45) is 0 Å². The minimum absolute atomic E-state index is 0.141. The quantitative estimate of drug-likeness (QED) is 0.818. The van der Waals surface area contributed by atoms with Gasteiger partial charge >= 0.3 is 0 Å². The molecule has 1 aliphatic heterocycles. The van der Waals surface area contributed by atoms with Crippen LogP contribution >= 0.6 is 15.9 Å². The first-order valence-electron chi connectivity index (χ1n) is 7.64. The van der Waals surface area contributed by atoms with Gasteiger partial charge in [0.05, 0.1) is 6.42 Å². The van der Waals surface area contributed by atoms with Crippen LogP contribution in [0.2, 0.25) is 0 Å². The highest BCUT2D eigenvalue weighted by Crippen LogP contribution is 2.18. The normalized spacial score (nSPS) is 14.9. The van der Waals surface area contributed by atoms with Gasteiger partial charge in [0.1, 0.15) is 5.82 Å². The lowest BCUT2D eigenvalue weighted by Crippen LogP contribution is -2.49. The molecule has 0 unspecified atom stereocenters. The second kappa shape index (κ2) is 7.13. The van der Waals surface area contributed by atoms with Gasteiger partial charge in [-0.05, 0) is 35.9 Å². The number of benzene rings is 2. The second-order valence-electron chi connectivity index (χ2n) is 5.65. The Kier molecular flexibility index (Phi) is 4.96. The van der Waals surface area contributed by atoms with Gasteiger partial charge in [-0.3, -0.25) is 4.79 Å². The number of anilines is 1. The molecule has 1 fully saturated rings. The van der Waals surface area contributed by atoms with Gasteiger partial charge in [-0.1, -0.05) is 34.1 Å². The first kappa shape index (κ1) is 16.0. The zero-order chi connectivity index (χ0) is 16.2. The molecule has 120 valence electrons. The van der Waals surface area contributed by atoms with E-state index in [0.29, 0.717) is 19.5 Å². The standard InChI is InChI=1S/C18H18BrFN2O/c19-15-4-1-3-14(11-15)12-18(23)22-9-7-21(8-10-22)17-6-2-5-16(20)13-17/h1-6,11,13H,7-10,12H2. The van der Waals surface area contributed by atoms with Crippen molar-refractivity contribution in [3.63, 3.8) is 0 Å². The second-order valence-corrected chi connectivity index (χ2v) is 6.57. The largest absolute Gasteiger partial charge is 0.368 e. The van der Waals surface area contributed by atoms with E-state index < -0.39 is 0 Å². The zero-order valence-electron chi connectivity index (χ0n) is 12.7. The van der Waals surface area contributed by atoms with Crippen LogP contribution in [0.5, 0.6) is 0 Å². The van der Waals surface area contributed by atoms with E-state index in [0.717, 1.165) is 28.8 Å². The molecule has 1 aliphatic rings. The van der Waals surface area contributed by atoms with E-state index in [2.05, 4.69) is 20.8 Å². The smallest absolute Gasteiger partial charge is 0.227 e. The molecule has 0 radical (unpaired) electrons. The molecular weight excluding hydrogens is 359 g/mol. The number of piperazine rings is 1. The van der Waals surface area contributed by atoms with Crippen LogP contribution in [-0.2, 0) is 11.2 Å². The Labute approximate surface area is 143 Å². The average Bonchev–Trinajstić information content (AvgIpc) is 2.55. The number of carbonyl (C=O) groups excluding carboxylic acids is 1. The molecule has 0 aromatic heterocycles. The van der Waals surface area contributed by atoms with Gasteiger partial charge in [0.2, 0.25) is 5.91 Å². The summed E-state index contributed by atoms with van der Waals surface area (Å²) in [7, 11) is 0. The molecule has 3 nitrogen and oxygen atoms in total. The number of rotatable bonds is 3. The van der Waals surface area contributed by atoms with Crippen molar-refractivity contribution in [2.75, 3.05) is 31.1 Å². The molecule has 0 N–H and O–H groups in total. The fourth-order valence-electron chi connectivity index (χ4n) is 2.82. The van der Waals surface area contributed by atoms with Crippen LogP contribution in [-0.4, -0.2) is 37.0 Å². The van der Waals surface area contributed by atoms with Crippen molar-refractivity contribution in [3.8, 4) is 0 Å². The maximum atomic E-state index is 13.3. The highest BCUT2D eigenvalue weighted by molar-refractivity contribution is 9.10. The van der Waals surface area contributed by atoms with Gasteiger partial charge in [0.15, 0.2) is 0 Å². The SMILES string of the molecule is O=C(Cc1cccc(Br)c1)N1CCN(c2cccc(F)c2)CC1. The molecule has 1 amide bonds. The van der Waals surface area contributed by atoms with E-state index in [9.17, 15) is 9.18 Å². The monoisotopic (exact) mass is 376 g/mol. The van der Waals surface area contributed by atoms with Crippen molar-refractivity contribution in [1.29, 1.82) is 0 Å². The van der Waals surface area contributed by atoms with Gasteiger partial charge in [-0.2, -0.15) is 0 Å². The first-order valence-corrected chi connectivity index (χ1v) is 8.44. The van der Waals surface area contributed by atoms with Crippen molar-refractivity contribution in [3.05, 3.63) is 64.4 Å². The Morgan fingerprint density at radius 2 is 1.78 bits per heavy atom. The number of nitrogens with zero attached hydrogens (tertiary/aromatic N) is 2. The third-order valence-electron chi connectivity index (χ3n) is 4.05. The molecule has 1 heterocycles. The van der Waals surface area contributed by atoms with Crippen LogP contribution in [0.25, 0.3) is 0 Å². The summed E-state index contributed by atoms with van der Waals surface area (Å²) >= 11 is 3.43. The number of halogens is 2. The molecular formula is C18H18BrFN2O. The molecule has 2 aromatic carbocycles. The Morgan fingerprint density at radius 1 is 1.04 bits per heavy atom. The molecule has 5 heteroatoms.